The van der Waals surface area contributed by atoms with Crippen LogP contribution >= 0.6 is 22.9 Å². The highest BCUT2D eigenvalue weighted by molar-refractivity contribution is 7.15. The summed E-state index contributed by atoms with van der Waals surface area (Å²) in [5.74, 6) is 0.931. The number of hydrogen-bond acceptors (Lipinski definition) is 4. The monoisotopic (exact) mass is 271 g/mol. The van der Waals surface area contributed by atoms with Gasteiger partial charge in [-0.3, -0.25) is 4.90 Å². The quantitative estimate of drug-likeness (QED) is 0.844. The van der Waals surface area contributed by atoms with Crippen LogP contribution in [0.5, 0.6) is 0 Å². The minimum absolute atomic E-state index is 0.566. The molecule has 1 saturated heterocycles. The molecule has 2 heterocycles. The maximum absolute atomic E-state index is 5.84. The average Bonchev–Trinajstić information content (AvgIpc) is 3.00. The summed E-state index contributed by atoms with van der Waals surface area (Å²) in [5.41, 5.74) is 0. The van der Waals surface area contributed by atoms with Gasteiger partial charge in [0.05, 0.1) is 6.54 Å². The Morgan fingerprint density at radius 3 is 2.71 bits per heavy atom. The van der Waals surface area contributed by atoms with E-state index in [1.54, 1.807) is 0 Å². The minimum Gasteiger partial charge on any atom is -0.293 e. The molecule has 0 bridgehead atoms. The van der Waals surface area contributed by atoms with Crippen molar-refractivity contribution in [3.8, 4) is 0 Å². The molecular formula is C12H18ClN3S. The van der Waals surface area contributed by atoms with Crippen LogP contribution in [0.25, 0.3) is 0 Å². The van der Waals surface area contributed by atoms with Crippen LogP contribution in [0.15, 0.2) is 0 Å². The molecule has 1 saturated carbocycles. The standard InChI is InChI=1S/C12H18ClN3S/c13-12-15-14-11(17-12)8-16-7-3-6-10(16)9-4-1-2-5-9/h9-10H,1-8H2. The fourth-order valence-corrected chi connectivity index (χ4v) is 4.29. The van der Waals surface area contributed by atoms with Crippen molar-refractivity contribution in [1.82, 2.24) is 15.1 Å². The predicted molar refractivity (Wildman–Crippen MR) is 70.3 cm³/mol. The van der Waals surface area contributed by atoms with E-state index in [4.69, 9.17) is 11.6 Å². The maximum atomic E-state index is 5.84. The van der Waals surface area contributed by atoms with E-state index in [-0.39, 0.29) is 0 Å². The van der Waals surface area contributed by atoms with Crippen molar-refractivity contribution < 1.29 is 0 Å². The third-order valence-corrected chi connectivity index (χ3v) is 5.14. The first-order valence-corrected chi connectivity index (χ1v) is 7.74. The number of halogens is 1. The summed E-state index contributed by atoms with van der Waals surface area (Å²) in [6, 6.07) is 0.792. The van der Waals surface area contributed by atoms with E-state index in [2.05, 4.69) is 15.1 Å². The van der Waals surface area contributed by atoms with Gasteiger partial charge in [-0.1, -0.05) is 24.2 Å². The van der Waals surface area contributed by atoms with Gasteiger partial charge in [-0.15, -0.1) is 10.2 Å². The number of rotatable bonds is 3. The van der Waals surface area contributed by atoms with Gasteiger partial charge in [0.1, 0.15) is 5.01 Å². The molecule has 2 aliphatic rings. The molecule has 3 rings (SSSR count). The number of hydrogen-bond donors (Lipinski definition) is 0. The maximum Gasteiger partial charge on any atom is 0.207 e. The molecule has 94 valence electrons. The summed E-state index contributed by atoms with van der Waals surface area (Å²) < 4.78 is 0.566. The summed E-state index contributed by atoms with van der Waals surface area (Å²) in [7, 11) is 0. The number of aromatic nitrogens is 2. The van der Waals surface area contributed by atoms with Crippen molar-refractivity contribution in [2.75, 3.05) is 6.54 Å². The van der Waals surface area contributed by atoms with Gasteiger partial charge in [0, 0.05) is 6.04 Å². The predicted octanol–water partition coefficient (Wildman–Crippen LogP) is 3.35. The largest absolute Gasteiger partial charge is 0.293 e. The fraction of sp³-hybridized carbons (Fsp3) is 0.833. The van der Waals surface area contributed by atoms with Crippen LogP contribution in [0.3, 0.4) is 0 Å². The second-order valence-electron chi connectivity index (χ2n) is 5.17. The van der Waals surface area contributed by atoms with E-state index in [9.17, 15) is 0 Å². The van der Waals surface area contributed by atoms with E-state index in [1.807, 2.05) is 0 Å². The molecule has 1 aromatic rings. The summed E-state index contributed by atoms with van der Waals surface area (Å²) in [5, 5.41) is 9.09. The second-order valence-corrected chi connectivity index (χ2v) is 6.82. The van der Waals surface area contributed by atoms with Gasteiger partial charge in [-0.2, -0.15) is 0 Å². The first-order chi connectivity index (χ1) is 8.33. The van der Waals surface area contributed by atoms with Gasteiger partial charge in [0.2, 0.25) is 4.47 Å². The van der Waals surface area contributed by atoms with Gasteiger partial charge in [0.25, 0.3) is 0 Å². The van der Waals surface area contributed by atoms with Gasteiger partial charge < -0.3 is 0 Å². The molecular weight excluding hydrogens is 254 g/mol. The molecule has 0 spiro atoms. The number of nitrogens with zero attached hydrogens (tertiary/aromatic N) is 3. The number of likely N-dealkylation sites (tertiary alicyclic amines) is 1. The third kappa shape index (κ3) is 2.64. The lowest BCUT2D eigenvalue weighted by atomic mass is 9.96. The van der Waals surface area contributed by atoms with Crippen LogP contribution in [-0.2, 0) is 6.54 Å². The molecule has 0 aromatic carbocycles. The Morgan fingerprint density at radius 2 is 2.00 bits per heavy atom. The molecule has 2 fully saturated rings. The molecule has 0 amide bonds. The van der Waals surface area contributed by atoms with Crippen LogP contribution in [0.2, 0.25) is 4.47 Å². The van der Waals surface area contributed by atoms with Gasteiger partial charge in [-0.25, -0.2) is 0 Å². The second kappa shape index (κ2) is 5.21. The highest BCUT2D eigenvalue weighted by atomic mass is 35.5. The third-order valence-electron chi connectivity index (χ3n) is 4.14. The summed E-state index contributed by atoms with van der Waals surface area (Å²) in [6.07, 6.45) is 8.43. The van der Waals surface area contributed by atoms with Crippen molar-refractivity contribution >= 4 is 22.9 Å². The molecule has 5 heteroatoms. The van der Waals surface area contributed by atoms with Crippen LogP contribution < -0.4 is 0 Å². The van der Waals surface area contributed by atoms with Crippen molar-refractivity contribution in [2.24, 2.45) is 5.92 Å². The van der Waals surface area contributed by atoms with E-state index in [0.29, 0.717) is 4.47 Å². The Morgan fingerprint density at radius 1 is 1.18 bits per heavy atom. The van der Waals surface area contributed by atoms with Crippen LogP contribution in [0, 0.1) is 5.92 Å². The molecule has 1 aliphatic heterocycles. The summed E-state index contributed by atoms with van der Waals surface area (Å²) in [6.45, 7) is 2.17. The molecule has 1 aromatic heterocycles. The zero-order valence-electron chi connectivity index (χ0n) is 9.94. The lowest BCUT2D eigenvalue weighted by Gasteiger charge is -2.28. The van der Waals surface area contributed by atoms with E-state index in [0.717, 1.165) is 23.5 Å². The molecule has 1 unspecified atom stereocenters. The van der Waals surface area contributed by atoms with E-state index >= 15 is 0 Å². The molecule has 3 nitrogen and oxygen atoms in total. The molecule has 17 heavy (non-hydrogen) atoms. The van der Waals surface area contributed by atoms with Crippen LogP contribution in [0.1, 0.15) is 43.5 Å². The lowest BCUT2D eigenvalue weighted by molar-refractivity contribution is 0.182. The van der Waals surface area contributed by atoms with Crippen LogP contribution in [0.4, 0.5) is 0 Å². The summed E-state index contributed by atoms with van der Waals surface area (Å²) in [4.78, 5) is 2.60. The smallest absolute Gasteiger partial charge is 0.207 e. The zero-order valence-corrected chi connectivity index (χ0v) is 11.5. The SMILES string of the molecule is Clc1nnc(CN2CCCC2C2CCCC2)s1. The van der Waals surface area contributed by atoms with Crippen molar-refractivity contribution in [3.05, 3.63) is 9.47 Å². The lowest BCUT2D eigenvalue weighted by Crippen LogP contribution is -2.34. The highest BCUT2D eigenvalue weighted by Crippen LogP contribution is 2.36. The average molecular weight is 272 g/mol. The fourth-order valence-electron chi connectivity index (χ4n) is 3.39. The van der Waals surface area contributed by atoms with Gasteiger partial charge >= 0.3 is 0 Å². The molecule has 1 atom stereocenters. The van der Waals surface area contributed by atoms with Gasteiger partial charge in [0.15, 0.2) is 0 Å². The van der Waals surface area contributed by atoms with Gasteiger partial charge in [-0.05, 0) is 49.7 Å². The van der Waals surface area contributed by atoms with Crippen molar-refractivity contribution in [3.63, 3.8) is 0 Å². The Labute approximate surface area is 111 Å². The highest BCUT2D eigenvalue weighted by Gasteiger charge is 2.33. The zero-order chi connectivity index (χ0) is 11.7. The Bertz CT molecular complexity index is 376. The first kappa shape index (κ1) is 11.9. The van der Waals surface area contributed by atoms with E-state index < -0.39 is 0 Å². The van der Waals surface area contributed by atoms with Crippen molar-refractivity contribution in [2.45, 2.75) is 51.1 Å². The molecule has 1 aliphatic carbocycles. The Balaban J connectivity index is 1.65. The van der Waals surface area contributed by atoms with E-state index in [1.165, 1.54) is 56.4 Å². The topological polar surface area (TPSA) is 29.0 Å². The van der Waals surface area contributed by atoms with Crippen molar-refractivity contribution in [1.29, 1.82) is 0 Å². The molecule has 0 radical (unpaired) electrons. The Kier molecular flexibility index (Phi) is 3.64. The normalized spacial score (nSPS) is 27.0. The van der Waals surface area contributed by atoms with Crippen LogP contribution in [-0.4, -0.2) is 27.7 Å². The summed E-state index contributed by atoms with van der Waals surface area (Å²) >= 11 is 7.36. The molecule has 0 N–H and O–H groups in total. The minimum atomic E-state index is 0.566. The first-order valence-electron chi connectivity index (χ1n) is 6.55. The Hall–Kier alpha value is -0.190.